The van der Waals surface area contributed by atoms with Gasteiger partial charge in [-0.1, -0.05) is 125 Å². The molecule has 0 atom stereocenters. The number of carbonyl (C=O) groups is 6. The number of benzene rings is 8. The number of ether oxygens (including phenoxy) is 5. The van der Waals surface area contributed by atoms with E-state index in [1.54, 1.807) is 222 Å². The van der Waals surface area contributed by atoms with Crippen molar-refractivity contribution >= 4 is 74.3 Å². The van der Waals surface area contributed by atoms with Crippen molar-refractivity contribution in [3.8, 4) is 68.4 Å². The van der Waals surface area contributed by atoms with Crippen molar-refractivity contribution < 1.29 is 52.5 Å². The molecule has 1 aliphatic rings. The Balaban J connectivity index is 0.000000145. The zero-order chi connectivity index (χ0) is 76.6. The molecule has 0 radical (unpaired) electrons. The van der Waals surface area contributed by atoms with Crippen molar-refractivity contribution in [2.75, 3.05) is 19.8 Å². The number of halogens is 2. The van der Waals surface area contributed by atoms with Crippen LogP contribution in [0, 0.1) is 10.5 Å². The highest BCUT2D eigenvalue weighted by atomic mass is 127. The fourth-order valence-electron chi connectivity index (χ4n) is 9.97. The van der Waals surface area contributed by atoms with Crippen LogP contribution in [-0.4, -0.2) is 161 Å². The second-order valence-corrected chi connectivity index (χ2v) is 25.3. The zero-order valence-electron chi connectivity index (χ0n) is 59.1. The van der Waals surface area contributed by atoms with E-state index in [9.17, 15) is 28.8 Å². The number of tetrazole rings is 5. The highest BCUT2D eigenvalue weighted by Gasteiger charge is 2.24. The summed E-state index contributed by atoms with van der Waals surface area (Å²) < 4.78 is 35.9. The lowest BCUT2D eigenvalue weighted by Crippen LogP contribution is -2.27. The standard InChI is InChI=1S/C16H13IN4O2.C16H17N5O3.C16H14N4O2.C15H11BrN4O2.C11H12N4O2/c1-21-15(18-19-20-21)11-6-8-12(9-7-11)16(22)23-10-13-4-2-3-5-14(13)17;1-11-3-8-14(22)21(11)9-10-24-16(23)13-6-4-12(5-7-13)15-17-18-19-20(15)2;1-11-3-9-14(10-4-11)22-16(21)13-7-5-12(6-8-13)15-17-18-19-20(15)2;1-20-14(17-18-19-20)10-5-7-11(8-6-10)15(21)22-13-4-2-3-12(16)9-13;1-3-17-11(16)9-6-4-8(5-7-9)10-12-13-14-15(10)2/h2-9H,10H2,1H3;4-7H,1,3,8-10H2,2H3;3-10H,1-2H3;2-9H,1H3;4-7H,3H2,1-2H3. The number of aromatic nitrogens is 20. The fraction of sp³-hybridized carbons (Fsp3) is 0.176. The molecule has 5 aromatic heterocycles. The lowest BCUT2D eigenvalue weighted by molar-refractivity contribution is -0.127. The van der Waals surface area contributed by atoms with Crippen LogP contribution in [0.3, 0.4) is 0 Å². The Kier molecular flexibility index (Phi) is 26.9. The Morgan fingerprint density at radius 2 is 0.796 bits per heavy atom. The first-order valence-electron chi connectivity index (χ1n) is 32.8. The second kappa shape index (κ2) is 37.5. The number of aryl methyl sites for hydroxylation is 6. The van der Waals surface area contributed by atoms with E-state index in [2.05, 4.69) is 123 Å². The summed E-state index contributed by atoms with van der Waals surface area (Å²) in [6, 6.07) is 57.0. The van der Waals surface area contributed by atoms with Crippen molar-refractivity contribution in [3.63, 3.8) is 0 Å². The van der Waals surface area contributed by atoms with Gasteiger partial charge in [-0.05, 0) is 192 Å². The van der Waals surface area contributed by atoms with Gasteiger partial charge >= 0.3 is 29.8 Å². The molecule has 0 bridgehead atoms. The van der Waals surface area contributed by atoms with Gasteiger partial charge in [0.05, 0.1) is 41.0 Å². The Hall–Kier alpha value is -13.1. The van der Waals surface area contributed by atoms with Crippen LogP contribution in [-0.2, 0) is 60.9 Å². The van der Waals surface area contributed by atoms with Crippen LogP contribution >= 0.6 is 38.5 Å². The largest absolute Gasteiger partial charge is 0.462 e. The maximum absolute atomic E-state index is 12.1. The predicted octanol–water partition coefficient (Wildman–Crippen LogP) is 10.3. The lowest BCUT2D eigenvalue weighted by atomic mass is 10.1. The molecule has 14 rings (SSSR count). The Labute approximate surface area is 638 Å². The molecule has 8 aromatic carbocycles. The minimum Gasteiger partial charge on any atom is -0.462 e. The molecule has 32 nitrogen and oxygen atoms in total. The third-order valence-corrected chi connectivity index (χ3v) is 17.2. The average Bonchev–Trinajstić information content (AvgIpc) is 1.52. The molecular weight excluding hydrogens is 1570 g/mol. The number of hydrogen-bond donors (Lipinski definition) is 0. The van der Waals surface area contributed by atoms with Crippen LogP contribution in [0.2, 0.25) is 0 Å². The van der Waals surface area contributed by atoms with Crippen LogP contribution in [0.4, 0.5) is 0 Å². The van der Waals surface area contributed by atoms with Gasteiger partial charge in [-0.25, -0.2) is 47.4 Å². The summed E-state index contributed by atoms with van der Waals surface area (Å²) in [4.78, 5) is 73.0. The van der Waals surface area contributed by atoms with Gasteiger partial charge in [-0.2, -0.15) is 0 Å². The maximum atomic E-state index is 12.1. The SMILES string of the molecule is C=C1CCC(=O)N1CCOC(=O)c1ccc(-c2nnnn2C)cc1.CCOC(=O)c1ccc(-c2nnnn2C)cc1.Cc1ccc(OC(=O)c2ccc(-c3nnnn3C)cc2)cc1.Cn1nnnc1-c1ccc(C(=O)OCc2ccccc2I)cc1.Cn1nnnc1-c1ccc(C(=O)Oc2cccc(Br)c2)cc1. The monoisotopic (exact) mass is 1630 g/mol. The highest BCUT2D eigenvalue weighted by molar-refractivity contribution is 14.1. The first-order valence-corrected chi connectivity index (χ1v) is 34.7. The second-order valence-electron chi connectivity index (χ2n) is 23.2. The molecule has 6 heterocycles. The molecule has 0 aliphatic carbocycles. The topological polar surface area (TPSA) is 370 Å². The van der Waals surface area contributed by atoms with Crippen molar-refractivity contribution in [1.29, 1.82) is 0 Å². The summed E-state index contributed by atoms with van der Waals surface area (Å²) in [5, 5.41) is 56.3. The Bertz CT molecular complexity index is 5230. The number of nitrogens with zero attached hydrogens (tertiary/aromatic N) is 21. The number of likely N-dealkylation sites (tertiary alicyclic amines) is 1. The van der Waals surface area contributed by atoms with Crippen molar-refractivity contribution in [2.45, 2.75) is 33.3 Å². The van der Waals surface area contributed by atoms with Crippen LogP contribution in [0.5, 0.6) is 11.5 Å². The molecule has 108 heavy (non-hydrogen) atoms. The molecule has 0 N–H and O–H groups in total. The van der Waals surface area contributed by atoms with E-state index in [1.807, 2.05) is 49.4 Å². The van der Waals surface area contributed by atoms with Crippen LogP contribution in [0.1, 0.15) is 82.7 Å². The number of esters is 5. The van der Waals surface area contributed by atoms with Crippen LogP contribution < -0.4 is 9.47 Å². The summed E-state index contributed by atoms with van der Waals surface area (Å²) in [7, 11) is 8.78. The smallest absolute Gasteiger partial charge is 0.343 e. The van der Waals surface area contributed by atoms with Crippen molar-refractivity contribution in [2.24, 2.45) is 35.2 Å². The molecule has 34 heteroatoms. The minimum absolute atomic E-state index is 0.0256. The molecule has 0 spiro atoms. The van der Waals surface area contributed by atoms with E-state index < -0.39 is 17.9 Å². The summed E-state index contributed by atoms with van der Waals surface area (Å²) in [5.41, 5.74) is 9.41. The first kappa shape index (κ1) is 77.5. The predicted molar refractivity (Wildman–Crippen MR) is 401 cm³/mol. The molecular formula is C74H67BrIN21O11. The van der Waals surface area contributed by atoms with Crippen LogP contribution in [0.25, 0.3) is 56.9 Å². The van der Waals surface area contributed by atoms with E-state index in [1.165, 1.54) is 0 Å². The van der Waals surface area contributed by atoms with Crippen LogP contribution in [0.15, 0.2) is 211 Å². The maximum Gasteiger partial charge on any atom is 0.343 e. The normalized spacial score (nSPS) is 11.3. The van der Waals surface area contributed by atoms with E-state index in [0.29, 0.717) is 94.4 Å². The molecule has 0 unspecified atom stereocenters. The third-order valence-electron chi connectivity index (χ3n) is 15.7. The quantitative estimate of drug-likeness (QED) is 0.0333. The van der Waals surface area contributed by atoms with E-state index in [4.69, 9.17) is 23.7 Å². The summed E-state index contributed by atoms with van der Waals surface area (Å²) in [6.45, 7) is 8.69. The summed E-state index contributed by atoms with van der Waals surface area (Å²) in [5.74, 6) is 2.29. The zero-order valence-corrected chi connectivity index (χ0v) is 62.8. The minimum atomic E-state index is -0.435. The summed E-state index contributed by atoms with van der Waals surface area (Å²) >= 11 is 5.56. The molecule has 13 aromatic rings. The van der Waals surface area contributed by atoms with Gasteiger partial charge in [0.2, 0.25) is 5.91 Å². The lowest BCUT2D eigenvalue weighted by Gasteiger charge is -2.16. The number of rotatable bonds is 18. The van der Waals surface area contributed by atoms with E-state index in [-0.39, 0.29) is 31.1 Å². The summed E-state index contributed by atoms with van der Waals surface area (Å²) in [6.07, 6.45) is 1.15. The fourth-order valence-corrected chi connectivity index (χ4v) is 10.9. The molecule has 1 fully saturated rings. The Morgan fingerprint density at radius 1 is 0.435 bits per heavy atom. The number of hydrogen-bond acceptors (Lipinski definition) is 26. The van der Waals surface area contributed by atoms with Gasteiger partial charge in [-0.15, -0.1) is 25.5 Å². The average molecular weight is 1630 g/mol. The van der Waals surface area contributed by atoms with Gasteiger partial charge in [0.15, 0.2) is 29.1 Å². The Morgan fingerprint density at radius 3 is 1.14 bits per heavy atom. The molecule has 1 saturated heterocycles. The number of amides is 1. The van der Waals surface area contributed by atoms with Gasteiger partial charge in [0.1, 0.15) is 24.7 Å². The van der Waals surface area contributed by atoms with Gasteiger partial charge in [0.25, 0.3) is 0 Å². The van der Waals surface area contributed by atoms with E-state index in [0.717, 1.165) is 52.7 Å². The number of carbonyl (C=O) groups excluding carboxylic acids is 6. The van der Waals surface area contributed by atoms with Gasteiger partial charge in [0, 0.05) is 88.8 Å². The van der Waals surface area contributed by atoms with Gasteiger partial charge in [-0.3, -0.25) is 4.79 Å². The highest BCUT2D eigenvalue weighted by Crippen LogP contribution is 2.25. The number of allylic oxidation sites excluding steroid dienone is 1. The molecule has 1 amide bonds. The molecule has 548 valence electrons. The van der Waals surface area contributed by atoms with Crippen molar-refractivity contribution in [1.82, 2.24) is 106 Å². The molecule has 0 saturated carbocycles. The van der Waals surface area contributed by atoms with Gasteiger partial charge < -0.3 is 28.6 Å². The first-order chi connectivity index (χ1) is 52.2. The molecule has 1 aliphatic heterocycles. The van der Waals surface area contributed by atoms with E-state index >= 15 is 0 Å². The third kappa shape index (κ3) is 21.1. The van der Waals surface area contributed by atoms with Crippen molar-refractivity contribution in [3.05, 3.63) is 253 Å².